The predicted molar refractivity (Wildman–Crippen MR) is 134 cm³/mol. The molecule has 0 spiro atoms. The van der Waals surface area contributed by atoms with Gasteiger partial charge in [0.15, 0.2) is 0 Å². The highest BCUT2D eigenvalue weighted by Gasteiger charge is 2.38. The number of hydrogen-bond acceptors (Lipinski definition) is 5. The molecule has 2 heterocycles. The smallest absolute Gasteiger partial charge is 0.407 e. The molecule has 6 nitrogen and oxygen atoms in total. The molecule has 2 saturated heterocycles. The van der Waals surface area contributed by atoms with E-state index in [1.54, 1.807) is 0 Å². The average molecular weight is 500 g/mol. The number of amides is 1. The maximum atomic E-state index is 13.7. The topological polar surface area (TPSA) is 82.6 Å². The normalized spacial score (nSPS) is 25.5. The maximum Gasteiger partial charge on any atom is 0.407 e. The molecule has 0 bridgehead atoms. The maximum absolute atomic E-state index is 13.7. The van der Waals surface area contributed by atoms with E-state index >= 15 is 0 Å². The van der Waals surface area contributed by atoms with E-state index in [1.807, 2.05) is 42.5 Å². The van der Waals surface area contributed by atoms with E-state index in [0.29, 0.717) is 25.4 Å². The monoisotopic (exact) mass is 499 g/mol. The first-order chi connectivity index (χ1) is 17.4. The van der Waals surface area contributed by atoms with Gasteiger partial charge in [-0.05, 0) is 72.5 Å². The summed E-state index contributed by atoms with van der Waals surface area (Å²) in [6.07, 6.45) is 1.55. The summed E-state index contributed by atoms with van der Waals surface area (Å²) in [7, 11) is 0. The third-order valence-electron chi connectivity index (χ3n) is 7.74. The fourth-order valence-electron chi connectivity index (χ4n) is 5.69. The van der Waals surface area contributed by atoms with E-state index in [1.165, 1.54) is 0 Å². The number of alkyl halides is 2. The van der Waals surface area contributed by atoms with Crippen molar-refractivity contribution >= 4 is 6.09 Å². The van der Waals surface area contributed by atoms with Gasteiger partial charge in [-0.2, -0.15) is 0 Å². The van der Waals surface area contributed by atoms with Crippen molar-refractivity contribution in [2.45, 2.75) is 62.7 Å². The molecule has 0 aromatic heterocycles. The first kappa shape index (κ1) is 25.1. The molecule has 0 saturated carbocycles. The predicted octanol–water partition coefficient (Wildman–Crippen LogP) is 3.45. The second kappa shape index (κ2) is 10.8. The van der Waals surface area contributed by atoms with Crippen molar-refractivity contribution in [2.24, 2.45) is 5.92 Å². The molecule has 4 N–H and O–H groups in total. The Bertz CT molecular complexity index is 1060. The minimum Gasteiger partial charge on any atom is -0.442 e. The SMILES string of the molecule is O=C(NCCC1CCNCC1)O[C@@H]1[C@@H](O)CN[C@@H]1Cc1ccc(-c2ccc3c(c2)CC(F)(F)C3)cc1. The van der Waals surface area contributed by atoms with Crippen LogP contribution in [0.1, 0.15) is 36.0 Å². The van der Waals surface area contributed by atoms with Gasteiger partial charge in [0.25, 0.3) is 5.92 Å². The number of benzene rings is 2. The summed E-state index contributed by atoms with van der Waals surface area (Å²) in [5.41, 5.74) is 4.39. The van der Waals surface area contributed by atoms with Crippen molar-refractivity contribution < 1.29 is 23.4 Å². The van der Waals surface area contributed by atoms with Crippen LogP contribution in [-0.4, -0.2) is 61.6 Å². The molecule has 8 heteroatoms. The van der Waals surface area contributed by atoms with Crippen LogP contribution in [0.4, 0.5) is 13.6 Å². The van der Waals surface area contributed by atoms with Crippen molar-refractivity contribution in [2.75, 3.05) is 26.2 Å². The number of halogens is 2. The van der Waals surface area contributed by atoms with Crippen molar-refractivity contribution in [1.82, 2.24) is 16.0 Å². The number of piperidine rings is 1. The number of aliphatic hydroxyl groups is 1. The minimum atomic E-state index is -2.65. The van der Waals surface area contributed by atoms with Gasteiger partial charge in [0.2, 0.25) is 0 Å². The Morgan fingerprint density at radius 3 is 2.56 bits per heavy atom. The summed E-state index contributed by atoms with van der Waals surface area (Å²) in [5, 5.41) is 19.8. The van der Waals surface area contributed by atoms with Crippen molar-refractivity contribution in [3.05, 3.63) is 59.2 Å². The third kappa shape index (κ3) is 6.05. The summed E-state index contributed by atoms with van der Waals surface area (Å²) >= 11 is 0. The molecule has 2 aliphatic heterocycles. The molecular weight excluding hydrogens is 464 g/mol. The van der Waals surface area contributed by atoms with E-state index < -0.39 is 24.2 Å². The van der Waals surface area contributed by atoms with Gasteiger partial charge in [-0.1, -0.05) is 42.5 Å². The van der Waals surface area contributed by atoms with Gasteiger partial charge < -0.3 is 25.8 Å². The van der Waals surface area contributed by atoms with E-state index in [-0.39, 0.29) is 18.9 Å². The Morgan fingerprint density at radius 2 is 1.78 bits per heavy atom. The van der Waals surface area contributed by atoms with Crippen molar-refractivity contribution in [3.63, 3.8) is 0 Å². The molecule has 5 rings (SSSR count). The number of alkyl carbamates (subject to hydrolysis) is 1. The van der Waals surface area contributed by atoms with Gasteiger partial charge in [-0.25, -0.2) is 13.6 Å². The number of aliphatic hydroxyl groups excluding tert-OH is 1. The quantitative estimate of drug-likeness (QED) is 0.469. The molecule has 3 atom stereocenters. The Kier molecular flexibility index (Phi) is 7.55. The Labute approximate surface area is 210 Å². The Balaban J connectivity index is 1.14. The fraction of sp³-hybridized carbons (Fsp3) is 0.536. The molecule has 2 aromatic rings. The van der Waals surface area contributed by atoms with Crippen LogP contribution >= 0.6 is 0 Å². The number of β-amino-alcohol motifs (C(OH)–C–C–N with tert-alkyl or cyclic N) is 1. The van der Waals surface area contributed by atoms with E-state index in [2.05, 4.69) is 16.0 Å². The number of ether oxygens (including phenoxy) is 1. The highest BCUT2D eigenvalue weighted by atomic mass is 19.3. The number of rotatable bonds is 7. The van der Waals surface area contributed by atoms with Gasteiger partial charge >= 0.3 is 6.09 Å². The molecule has 2 aromatic carbocycles. The van der Waals surface area contributed by atoms with Crippen LogP contribution in [0, 0.1) is 5.92 Å². The molecule has 194 valence electrons. The van der Waals surface area contributed by atoms with Crippen LogP contribution in [0.2, 0.25) is 0 Å². The van der Waals surface area contributed by atoms with Crippen LogP contribution in [-0.2, 0) is 24.0 Å². The number of carbonyl (C=O) groups excluding carboxylic acids is 1. The Hall–Kier alpha value is -2.55. The highest BCUT2D eigenvalue weighted by molar-refractivity contribution is 5.67. The van der Waals surface area contributed by atoms with Gasteiger partial charge in [0.05, 0.1) is 6.04 Å². The first-order valence-corrected chi connectivity index (χ1v) is 13.0. The molecule has 1 aliphatic carbocycles. The number of nitrogens with one attached hydrogen (secondary N) is 3. The molecule has 0 radical (unpaired) electrons. The molecular formula is C28H35F2N3O3. The van der Waals surface area contributed by atoms with E-state index in [0.717, 1.165) is 60.2 Å². The molecule has 3 aliphatic rings. The summed E-state index contributed by atoms with van der Waals surface area (Å²) in [6.45, 7) is 3.01. The van der Waals surface area contributed by atoms with Gasteiger partial charge in [-0.15, -0.1) is 0 Å². The molecule has 1 amide bonds. The summed E-state index contributed by atoms with van der Waals surface area (Å²) in [6, 6.07) is 13.4. The largest absolute Gasteiger partial charge is 0.442 e. The van der Waals surface area contributed by atoms with Crippen molar-refractivity contribution in [1.29, 1.82) is 0 Å². The van der Waals surface area contributed by atoms with Crippen LogP contribution in [0.15, 0.2) is 42.5 Å². The Morgan fingerprint density at radius 1 is 1.06 bits per heavy atom. The van der Waals surface area contributed by atoms with Crippen LogP contribution < -0.4 is 16.0 Å². The van der Waals surface area contributed by atoms with E-state index in [9.17, 15) is 18.7 Å². The molecule has 2 fully saturated rings. The second-order valence-electron chi connectivity index (χ2n) is 10.5. The zero-order chi connectivity index (χ0) is 25.1. The number of hydrogen-bond donors (Lipinski definition) is 4. The van der Waals surface area contributed by atoms with Gasteiger partial charge in [0.1, 0.15) is 12.2 Å². The first-order valence-electron chi connectivity index (χ1n) is 13.0. The minimum absolute atomic E-state index is 0.179. The standard InChI is InChI=1S/C28H35F2N3O3/c29-28(30)15-22-6-5-21(14-23(22)16-28)20-3-1-19(2-4-20)13-24-26(25(34)17-33-24)36-27(35)32-12-9-18-7-10-31-11-8-18/h1-6,14,18,24-26,31,33-34H,7-13,15-17H2,(H,32,35)/t24-,25+,26+/m1/s1. The van der Waals surface area contributed by atoms with Gasteiger partial charge in [0, 0.05) is 25.9 Å². The average Bonchev–Trinajstić information content (AvgIpc) is 3.36. The lowest BCUT2D eigenvalue weighted by atomic mass is 9.95. The van der Waals surface area contributed by atoms with Crippen LogP contribution in [0.5, 0.6) is 0 Å². The van der Waals surface area contributed by atoms with Crippen molar-refractivity contribution in [3.8, 4) is 11.1 Å². The van der Waals surface area contributed by atoms with E-state index in [4.69, 9.17) is 4.74 Å². The third-order valence-corrected chi connectivity index (χ3v) is 7.74. The van der Waals surface area contributed by atoms with Gasteiger partial charge in [-0.3, -0.25) is 0 Å². The lowest BCUT2D eigenvalue weighted by Gasteiger charge is -2.24. The zero-order valence-electron chi connectivity index (χ0n) is 20.4. The van der Waals surface area contributed by atoms with Crippen LogP contribution in [0.3, 0.4) is 0 Å². The lowest BCUT2D eigenvalue weighted by molar-refractivity contribution is 0.0130. The number of carbonyl (C=O) groups is 1. The zero-order valence-corrected chi connectivity index (χ0v) is 20.4. The number of fused-ring (bicyclic) bond motifs is 1. The summed E-state index contributed by atoms with van der Waals surface area (Å²) < 4.78 is 33.1. The van der Waals surface area contributed by atoms with Crippen LogP contribution in [0.25, 0.3) is 11.1 Å². The molecule has 0 unspecified atom stereocenters. The molecule has 36 heavy (non-hydrogen) atoms. The lowest BCUT2D eigenvalue weighted by Crippen LogP contribution is -2.42. The highest BCUT2D eigenvalue weighted by Crippen LogP contribution is 2.36. The fourth-order valence-corrected chi connectivity index (χ4v) is 5.69. The second-order valence-corrected chi connectivity index (χ2v) is 10.5. The summed E-state index contributed by atoms with van der Waals surface area (Å²) in [4.78, 5) is 12.4. The summed E-state index contributed by atoms with van der Waals surface area (Å²) in [5.74, 6) is -2.02.